The van der Waals surface area contributed by atoms with Gasteiger partial charge in [-0.3, -0.25) is 0 Å². The molecule has 2 rings (SSSR count). The van der Waals surface area contributed by atoms with Gasteiger partial charge in [-0.2, -0.15) is 0 Å². The Hall–Kier alpha value is -1.65. The number of benzene rings is 1. The summed E-state index contributed by atoms with van der Waals surface area (Å²) in [7, 11) is 1.45. The lowest BCUT2D eigenvalue weighted by Gasteiger charge is -2.12. The summed E-state index contributed by atoms with van der Waals surface area (Å²) in [6.45, 7) is 0. The zero-order valence-electron chi connectivity index (χ0n) is 9.60. The molecule has 0 amide bonds. The summed E-state index contributed by atoms with van der Waals surface area (Å²) in [6.07, 6.45) is 0.331. The molecule has 0 aliphatic carbocycles. The molecule has 1 N–H and O–H groups in total. The SMILES string of the molecule is COc1ccc(C(O)c2ccc(Cl)nc2)c(F)c1. The highest BCUT2D eigenvalue weighted by Gasteiger charge is 2.15. The van der Waals surface area contributed by atoms with Gasteiger partial charge >= 0.3 is 0 Å². The highest BCUT2D eigenvalue weighted by molar-refractivity contribution is 6.29. The minimum Gasteiger partial charge on any atom is -0.497 e. The molecule has 5 heteroatoms. The van der Waals surface area contributed by atoms with Crippen molar-refractivity contribution < 1.29 is 14.2 Å². The van der Waals surface area contributed by atoms with Crippen molar-refractivity contribution in [1.29, 1.82) is 0 Å². The zero-order chi connectivity index (χ0) is 13.1. The van der Waals surface area contributed by atoms with Gasteiger partial charge in [0.15, 0.2) is 0 Å². The van der Waals surface area contributed by atoms with E-state index in [4.69, 9.17) is 16.3 Å². The molecule has 0 fully saturated rings. The van der Waals surface area contributed by atoms with Crippen molar-refractivity contribution >= 4 is 11.6 Å². The summed E-state index contributed by atoms with van der Waals surface area (Å²) in [5.74, 6) is -0.130. The predicted octanol–water partition coefficient (Wildman–Crippen LogP) is 2.96. The van der Waals surface area contributed by atoms with Crippen molar-refractivity contribution in [2.24, 2.45) is 0 Å². The van der Waals surface area contributed by atoms with Crippen LogP contribution in [0.1, 0.15) is 17.2 Å². The minimum absolute atomic E-state index is 0.167. The van der Waals surface area contributed by atoms with Crippen LogP contribution >= 0.6 is 11.6 Å². The summed E-state index contributed by atoms with van der Waals surface area (Å²) in [5, 5.41) is 10.4. The number of aliphatic hydroxyl groups is 1. The number of rotatable bonds is 3. The molecule has 0 radical (unpaired) electrons. The van der Waals surface area contributed by atoms with Crippen LogP contribution in [0.15, 0.2) is 36.5 Å². The second-order valence-corrected chi connectivity index (χ2v) is 4.09. The van der Waals surface area contributed by atoms with Gasteiger partial charge in [0.2, 0.25) is 0 Å². The van der Waals surface area contributed by atoms with Crippen molar-refractivity contribution in [3.8, 4) is 5.75 Å². The largest absolute Gasteiger partial charge is 0.497 e. The molecule has 94 valence electrons. The Labute approximate surface area is 109 Å². The number of nitrogens with zero attached hydrogens (tertiary/aromatic N) is 1. The van der Waals surface area contributed by atoms with Crippen molar-refractivity contribution in [3.63, 3.8) is 0 Å². The number of aliphatic hydroxyl groups excluding tert-OH is 1. The predicted molar refractivity (Wildman–Crippen MR) is 66.3 cm³/mol. The second kappa shape index (κ2) is 5.33. The first-order chi connectivity index (χ1) is 8.61. The molecule has 18 heavy (non-hydrogen) atoms. The van der Waals surface area contributed by atoms with Crippen LogP contribution in [0, 0.1) is 5.82 Å². The van der Waals surface area contributed by atoms with Crippen LogP contribution in [-0.4, -0.2) is 17.2 Å². The second-order valence-electron chi connectivity index (χ2n) is 3.70. The van der Waals surface area contributed by atoms with Crippen molar-refractivity contribution in [2.75, 3.05) is 7.11 Å². The fraction of sp³-hybridized carbons (Fsp3) is 0.154. The highest BCUT2D eigenvalue weighted by Crippen LogP contribution is 2.26. The lowest BCUT2D eigenvalue weighted by atomic mass is 10.0. The number of hydrogen-bond acceptors (Lipinski definition) is 3. The van der Waals surface area contributed by atoms with E-state index in [9.17, 15) is 9.50 Å². The third-order valence-corrected chi connectivity index (χ3v) is 2.79. The highest BCUT2D eigenvalue weighted by atomic mass is 35.5. The first kappa shape index (κ1) is 12.8. The molecule has 1 aromatic carbocycles. The minimum atomic E-state index is -1.08. The molecular weight excluding hydrogens is 257 g/mol. The molecule has 0 aliphatic rings. The molecule has 2 aromatic rings. The molecule has 1 atom stereocenters. The van der Waals surface area contributed by atoms with E-state index >= 15 is 0 Å². The van der Waals surface area contributed by atoms with E-state index in [0.717, 1.165) is 0 Å². The van der Waals surface area contributed by atoms with E-state index < -0.39 is 11.9 Å². The summed E-state index contributed by atoms with van der Waals surface area (Å²) in [6, 6.07) is 7.44. The van der Waals surface area contributed by atoms with E-state index in [1.807, 2.05) is 0 Å². The van der Waals surface area contributed by atoms with Crippen LogP contribution < -0.4 is 4.74 Å². The average molecular weight is 268 g/mol. The molecule has 3 nitrogen and oxygen atoms in total. The van der Waals surface area contributed by atoms with Crippen LogP contribution in [0.25, 0.3) is 0 Å². The van der Waals surface area contributed by atoms with Crippen molar-refractivity contribution in [3.05, 3.63) is 58.6 Å². The van der Waals surface area contributed by atoms with Gasteiger partial charge < -0.3 is 9.84 Å². The molecule has 1 heterocycles. The van der Waals surface area contributed by atoms with Crippen LogP contribution in [-0.2, 0) is 0 Å². The Bertz CT molecular complexity index is 545. The number of halogens is 2. The monoisotopic (exact) mass is 267 g/mol. The first-order valence-corrected chi connectivity index (χ1v) is 5.62. The molecule has 0 saturated carbocycles. The van der Waals surface area contributed by atoms with Crippen molar-refractivity contribution in [1.82, 2.24) is 4.98 Å². The number of pyridine rings is 1. The maximum Gasteiger partial charge on any atom is 0.133 e. The van der Waals surface area contributed by atoms with Gasteiger partial charge in [-0.25, -0.2) is 9.37 Å². The Balaban J connectivity index is 2.33. The number of methoxy groups -OCH3 is 1. The molecule has 0 spiro atoms. The summed E-state index contributed by atoms with van der Waals surface area (Å²) < 4.78 is 18.7. The molecule has 0 aliphatic heterocycles. The molecular formula is C13H11ClFNO2. The molecule has 1 aromatic heterocycles. The fourth-order valence-electron chi connectivity index (χ4n) is 1.59. The van der Waals surface area contributed by atoms with Gasteiger partial charge in [0.25, 0.3) is 0 Å². The maximum absolute atomic E-state index is 13.8. The van der Waals surface area contributed by atoms with Gasteiger partial charge in [0.1, 0.15) is 22.8 Å². The Kier molecular flexibility index (Phi) is 3.79. The fourth-order valence-corrected chi connectivity index (χ4v) is 1.70. The Morgan fingerprint density at radius 1 is 1.33 bits per heavy atom. The molecule has 0 bridgehead atoms. The Morgan fingerprint density at radius 3 is 2.67 bits per heavy atom. The van der Waals surface area contributed by atoms with E-state index in [1.54, 1.807) is 18.2 Å². The van der Waals surface area contributed by atoms with Crippen molar-refractivity contribution in [2.45, 2.75) is 6.10 Å². The third-order valence-electron chi connectivity index (χ3n) is 2.57. The Morgan fingerprint density at radius 2 is 2.11 bits per heavy atom. The summed E-state index contributed by atoms with van der Waals surface area (Å²) in [4.78, 5) is 3.85. The van der Waals surface area contributed by atoms with E-state index in [-0.39, 0.29) is 5.56 Å². The van der Waals surface area contributed by atoms with E-state index in [1.165, 1.54) is 25.4 Å². The smallest absolute Gasteiger partial charge is 0.133 e. The van der Waals surface area contributed by atoms with E-state index in [2.05, 4.69) is 4.98 Å². The number of aromatic nitrogens is 1. The van der Waals surface area contributed by atoms with Gasteiger partial charge in [0.05, 0.1) is 7.11 Å². The average Bonchev–Trinajstić information content (AvgIpc) is 2.38. The summed E-state index contributed by atoms with van der Waals surface area (Å²) >= 11 is 5.65. The summed E-state index contributed by atoms with van der Waals surface area (Å²) in [5.41, 5.74) is 0.642. The van der Waals surface area contributed by atoms with Gasteiger partial charge in [0, 0.05) is 23.4 Å². The molecule has 1 unspecified atom stereocenters. The topological polar surface area (TPSA) is 42.4 Å². The third kappa shape index (κ3) is 2.60. The zero-order valence-corrected chi connectivity index (χ0v) is 10.4. The lowest BCUT2D eigenvalue weighted by Crippen LogP contribution is -2.03. The number of hydrogen-bond donors (Lipinski definition) is 1. The van der Waals surface area contributed by atoms with E-state index in [0.29, 0.717) is 16.5 Å². The van der Waals surface area contributed by atoms with Crippen LogP contribution in [0.3, 0.4) is 0 Å². The van der Waals surface area contributed by atoms with Crippen LogP contribution in [0.5, 0.6) is 5.75 Å². The lowest BCUT2D eigenvalue weighted by molar-refractivity contribution is 0.214. The normalized spacial score (nSPS) is 12.2. The van der Waals surface area contributed by atoms with Gasteiger partial charge in [-0.05, 0) is 18.2 Å². The van der Waals surface area contributed by atoms with Gasteiger partial charge in [-0.15, -0.1) is 0 Å². The standard InChI is InChI=1S/C13H11ClFNO2/c1-18-9-3-4-10(11(15)6-9)13(17)8-2-5-12(14)16-7-8/h2-7,13,17H,1H3. The number of ether oxygens (including phenoxy) is 1. The van der Waals surface area contributed by atoms with Gasteiger partial charge in [-0.1, -0.05) is 17.7 Å². The van der Waals surface area contributed by atoms with Crippen LogP contribution in [0.4, 0.5) is 4.39 Å². The van der Waals surface area contributed by atoms with Crippen LogP contribution in [0.2, 0.25) is 5.15 Å². The first-order valence-electron chi connectivity index (χ1n) is 5.25. The quantitative estimate of drug-likeness (QED) is 0.870. The molecule has 0 saturated heterocycles. The maximum atomic E-state index is 13.8.